The van der Waals surface area contributed by atoms with E-state index in [0.29, 0.717) is 0 Å². The first-order valence-electron chi connectivity index (χ1n) is 6.62. The monoisotopic (exact) mass is 237 g/mol. The molecule has 2 unspecified atom stereocenters. The fourth-order valence-corrected chi connectivity index (χ4v) is 2.54. The third-order valence-electron chi connectivity index (χ3n) is 3.53. The Bertz CT molecular complexity index is 352. The SMILES string of the molecule is C1CCNC(c2nc(C3CCCO3)no2)CC1. The highest BCUT2D eigenvalue weighted by Crippen LogP contribution is 2.28. The lowest BCUT2D eigenvalue weighted by Gasteiger charge is -2.09. The van der Waals surface area contributed by atoms with Gasteiger partial charge in [-0.3, -0.25) is 0 Å². The van der Waals surface area contributed by atoms with E-state index in [1.54, 1.807) is 0 Å². The van der Waals surface area contributed by atoms with Crippen LogP contribution in [0.3, 0.4) is 0 Å². The third kappa shape index (κ3) is 2.50. The number of hydrogen-bond donors (Lipinski definition) is 1. The molecule has 2 fully saturated rings. The topological polar surface area (TPSA) is 60.2 Å². The molecule has 2 aliphatic heterocycles. The van der Waals surface area contributed by atoms with Crippen LogP contribution in [0.25, 0.3) is 0 Å². The molecule has 5 nitrogen and oxygen atoms in total. The van der Waals surface area contributed by atoms with E-state index in [-0.39, 0.29) is 12.1 Å². The van der Waals surface area contributed by atoms with Gasteiger partial charge in [0.2, 0.25) is 11.7 Å². The van der Waals surface area contributed by atoms with Gasteiger partial charge >= 0.3 is 0 Å². The maximum absolute atomic E-state index is 5.56. The second kappa shape index (κ2) is 5.14. The van der Waals surface area contributed by atoms with E-state index in [1.807, 2.05) is 0 Å². The highest BCUT2D eigenvalue weighted by Gasteiger charge is 2.26. The van der Waals surface area contributed by atoms with Crippen LogP contribution in [0.5, 0.6) is 0 Å². The van der Waals surface area contributed by atoms with Gasteiger partial charge in [0, 0.05) is 6.61 Å². The van der Waals surface area contributed by atoms with E-state index in [4.69, 9.17) is 9.26 Å². The van der Waals surface area contributed by atoms with Crippen molar-refractivity contribution in [2.24, 2.45) is 0 Å². The molecule has 0 aromatic carbocycles. The standard InChI is InChI=1S/C12H19N3O2/c1-2-5-9(13-7-3-1)12-14-11(15-17-12)10-6-4-8-16-10/h9-10,13H,1-8H2. The van der Waals surface area contributed by atoms with Crippen molar-refractivity contribution in [2.75, 3.05) is 13.2 Å². The van der Waals surface area contributed by atoms with Crippen LogP contribution in [0.1, 0.15) is 62.4 Å². The molecule has 0 spiro atoms. The first-order valence-corrected chi connectivity index (χ1v) is 6.62. The zero-order chi connectivity index (χ0) is 11.5. The van der Waals surface area contributed by atoms with Crippen LogP contribution >= 0.6 is 0 Å². The molecule has 2 atom stereocenters. The summed E-state index contributed by atoms with van der Waals surface area (Å²) in [5.41, 5.74) is 0. The fraction of sp³-hybridized carbons (Fsp3) is 0.833. The molecule has 1 N–H and O–H groups in total. The zero-order valence-electron chi connectivity index (χ0n) is 10.0. The lowest BCUT2D eigenvalue weighted by Crippen LogP contribution is -2.20. The number of nitrogens with one attached hydrogen (secondary N) is 1. The lowest BCUT2D eigenvalue weighted by molar-refractivity contribution is 0.103. The van der Waals surface area contributed by atoms with Crippen LogP contribution in [-0.4, -0.2) is 23.3 Å². The van der Waals surface area contributed by atoms with Crippen LogP contribution < -0.4 is 5.32 Å². The van der Waals surface area contributed by atoms with E-state index >= 15 is 0 Å². The fourth-order valence-electron chi connectivity index (χ4n) is 2.54. The minimum atomic E-state index is 0.0540. The Hall–Kier alpha value is -0.940. The highest BCUT2D eigenvalue weighted by atomic mass is 16.5. The number of nitrogens with zero attached hydrogens (tertiary/aromatic N) is 2. The summed E-state index contributed by atoms with van der Waals surface area (Å²) >= 11 is 0. The summed E-state index contributed by atoms with van der Waals surface area (Å²) in [6.45, 7) is 1.86. The van der Waals surface area contributed by atoms with Crippen molar-refractivity contribution in [1.29, 1.82) is 0 Å². The molecule has 0 radical (unpaired) electrons. The molecule has 0 amide bonds. The molecule has 17 heavy (non-hydrogen) atoms. The number of aromatic nitrogens is 2. The molecule has 0 bridgehead atoms. The van der Waals surface area contributed by atoms with Gasteiger partial charge in [-0.1, -0.05) is 18.0 Å². The Morgan fingerprint density at radius 2 is 2.12 bits per heavy atom. The second-order valence-electron chi connectivity index (χ2n) is 4.85. The average Bonchev–Trinajstić information content (AvgIpc) is 2.95. The predicted octanol–water partition coefficient (Wildman–Crippen LogP) is 2.13. The van der Waals surface area contributed by atoms with Crippen molar-refractivity contribution >= 4 is 0 Å². The molecular weight excluding hydrogens is 218 g/mol. The minimum absolute atomic E-state index is 0.0540. The van der Waals surface area contributed by atoms with Gasteiger partial charge in [0.25, 0.3) is 0 Å². The molecule has 0 saturated carbocycles. The van der Waals surface area contributed by atoms with Gasteiger partial charge < -0.3 is 14.6 Å². The van der Waals surface area contributed by atoms with Crippen LogP contribution in [0.2, 0.25) is 0 Å². The summed E-state index contributed by atoms with van der Waals surface area (Å²) < 4.78 is 10.9. The van der Waals surface area contributed by atoms with Crippen molar-refractivity contribution in [3.05, 3.63) is 11.7 Å². The summed E-state index contributed by atoms with van der Waals surface area (Å²) in [5, 5.41) is 7.52. The summed E-state index contributed by atoms with van der Waals surface area (Å²) in [5.74, 6) is 1.46. The average molecular weight is 237 g/mol. The van der Waals surface area contributed by atoms with Crippen LogP contribution in [0, 0.1) is 0 Å². The molecule has 5 heteroatoms. The van der Waals surface area contributed by atoms with Gasteiger partial charge in [-0.15, -0.1) is 0 Å². The zero-order valence-corrected chi connectivity index (χ0v) is 10.0. The molecule has 1 aromatic heterocycles. The quantitative estimate of drug-likeness (QED) is 0.853. The van der Waals surface area contributed by atoms with Crippen molar-refractivity contribution in [3.8, 4) is 0 Å². The normalized spacial score (nSPS) is 30.4. The van der Waals surface area contributed by atoms with Crippen molar-refractivity contribution in [1.82, 2.24) is 15.5 Å². The molecule has 2 saturated heterocycles. The van der Waals surface area contributed by atoms with Crippen molar-refractivity contribution in [2.45, 2.75) is 50.7 Å². The summed E-state index contributed by atoms with van der Waals surface area (Å²) in [6, 6.07) is 0.236. The van der Waals surface area contributed by atoms with E-state index in [2.05, 4.69) is 15.5 Å². The molecule has 2 aliphatic rings. The summed E-state index contributed by atoms with van der Waals surface area (Å²) in [6.07, 6.45) is 7.01. The molecule has 3 rings (SSSR count). The first kappa shape index (κ1) is 11.2. The number of ether oxygens (including phenoxy) is 1. The van der Waals surface area contributed by atoms with Gasteiger partial charge in [-0.2, -0.15) is 4.98 Å². The molecule has 94 valence electrons. The maximum atomic E-state index is 5.56. The smallest absolute Gasteiger partial charge is 0.243 e. The van der Waals surface area contributed by atoms with Crippen LogP contribution in [-0.2, 0) is 4.74 Å². The third-order valence-corrected chi connectivity index (χ3v) is 3.53. The van der Waals surface area contributed by atoms with E-state index in [0.717, 1.165) is 44.1 Å². The molecule has 0 aliphatic carbocycles. The van der Waals surface area contributed by atoms with Crippen molar-refractivity contribution < 1.29 is 9.26 Å². The highest BCUT2D eigenvalue weighted by molar-refractivity contribution is 4.97. The largest absolute Gasteiger partial charge is 0.370 e. The summed E-state index contributed by atoms with van der Waals surface area (Å²) in [7, 11) is 0. The number of rotatable bonds is 2. The Labute approximate surface area is 101 Å². The van der Waals surface area contributed by atoms with Gasteiger partial charge in [0.15, 0.2) is 0 Å². The minimum Gasteiger partial charge on any atom is -0.370 e. The van der Waals surface area contributed by atoms with Gasteiger partial charge in [0.05, 0.1) is 6.04 Å². The van der Waals surface area contributed by atoms with Crippen LogP contribution in [0.15, 0.2) is 4.52 Å². The number of hydrogen-bond acceptors (Lipinski definition) is 5. The van der Waals surface area contributed by atoms with Gasteiger partial charge in [-0.05, 0) is 32.2 Å². The summed E-state index contributed by atoms with van der Waals surface area (Å²) in [4.78, 5) is 4.49. The molecular formula is C12H19N3O2. The van der Waals surface area contributed by atoms with Gasteiger partial charge in [-0.25, -0.2) is 0 Å². The molecule has 3 heterocycles. The lowest BCUT2D eigenvalue weighted by atomic mass is 10.1. The Morgan fingerprint density at radius 1 is 1.12 bits per heavy atom. The second-order valence-corrected chi connectivity index (χ2v) is 4.85. The Balaban J connectivity index is 1.70. The van der Waals surface area contributed by atoms with E-state index in [9.17, 15) is 0 Å². The van der Waals surface area contributed by atoms with E-state index in [1.165, 1.54) is 19.3 Å². The van der Waals surface area contributed by atoms with Crippen molar-refractivity contribution in [3.63, 3.8) is 0 Å². The Kier molecular flexibility index (Phi) is 3.38. The van der Waals surface area contributed by atoms with Crippen LogP contribution in [0.4, 0.5) is 0 Å². The first-order chi connectivity index (χ1) is 8.43. The predicted molar refractivity (Wildman–Crippen MR) is 61.4 cm³/mol. The Morgan fingerprint density at radius 3 is 3.00 bits per heavy atom. The van der Waals surface area contributed by atoms with E-state index < -0.39 is 0 Å². The molecule has 1 aromatic rings. The van der Waals surface area contributed by atoms with Gasteiger partial charge in [0.1, 0.15) is 6.10 Å². The maximum Gasteiger partial charge on any atom is 0.243 e.